The summed E-state index contributed by atoms with van der Waals surface area (Å²) in [6.45, 7) is 2.26. The van der Waals surface area contributed by atoms with Crippen LogP contribution in [0.15, 0.2) is 42.5 Å². The zero-order valence-corrected chi connectivity index (χ0v) is 12.6. The minimum Gasteiger partial charge on any atom is -0.150 e. The van der Waals surface area contributed by atoms with Crippen molar-refractivity contribution in [1.82, 2.24) is 0 Å². The lowest BCUT2D eigenvalue weighted by Gasteiger charge is -2.10. The van der Waals surface area contributed by atoms with Gasteiger partial charge >= 0.3 is 0 Å². The molecular formula is C16H20BBr. The van der Waals surface area contributed by atoms with Crippen LogP contribution in [0.1, 0.15) is 32.6 Å². The molecule has 2 heteroatoms. The highest BCUT2D eigenvalue weighted by molar-refractivity contribution is 9.25. The maximum Gasteiger partial charge on any atom is 0.255 e. The van der Waals surface area contributed by atoms with Gasteiger partial charge in [0.05, 0.1) is 0 Å². The number of fused-ring (bicyclic) bond motifs is 1. The van der Waals surface area contributed by atoms with Gasteiger partial charge in [-0.05, 0) is 10.8 Å². The van der Waals surface area contributed by atoms with Gasteiger partial charge < -0.3 is 0 Å². The number of hydrogen-bond donors (Lipinski definition) is 0. The molecule has 2 rings (SSSR count). The van der Waals surface area contributed by atoms with E-state index in [1.54, 1.807) is 0 Å². The summed E-state index contributed by atoms with van der Waals surface area (Å²) in [6.07, 6.45) is 6.56. The average molecular weight is 303 g/mol. The molecule has 0 aromatic heterocycles. The zero-order valence-electron chi connectivity index (χ0n) is 11.0. The van der Waals surface area contributed by atoms with Crippen LogP contribution in [0.4, 0.5) is 0 Å². The molecule has 0 heterocycles. The molecule has 94 valence electrons. The van der Waals surface area contributed by atoms with Crippen molar-refractivity contribution in [3.8, 4) is 0 Å². The Bertz CT molecular complexity index is 490. The van der Waals surface area contributed by atoms with Gasteiger partial charge in [-0.25, -0.2) is 0 Å². The Morgan fingerprint density at radius 2 is 1.72 bits per heavy atom. The third-order valence-electron chi connectivity index (χ3n) is 3.47. The number of hydrogen-bond acceptors (Lipinski definition) is 0. The molecule has 18 heavy (non-hydrogen) atoms. The van der Waals surface area contributed by atoms with Crippen LogP contribution in [-0.2, 0) is 0 Å². The van der Waals surface area contributed by atoms with Gasteiger partial charge in [0, 0.05) is 0 Å². The molecule has 0 atom stereocenters. The Labute approximate surface area is 119 Å². The Hall–Kier alpha value is -0.755. The highest BCUT2D eigenvalue weighted by Crippen LogP contribution is 2.16. The Kier molecular flexibility index (Phi) is 5.31. The van der Waals surface area contributed by atoms with Gasteiger partial charge in [-0.15, -0.1) is 15.8 Å². The second-order valence-corrected chi connectivity index (χ2v) is 5.99. The molecule has 0 bridgehead atoms. The van der Waals surface area contributed by atoms with E-state index in [1.807, 2.05) is 0 Å². The standard InChI is InChI=1S/C16H20BBr/c1-2-3-4-7-13-17(18)16-12-8-10-14-9-5-6-11-15(14)16/h5-6,8-12H,2-4,7,13H2,1H3. The van der Waals surface area contributed by atoms with Crippen LogP contribution in [0.3, 0.4) is 0 Å². The van der Waals surface area contributed by atoms with E-state index in [1.165, 1.54) is 48.2 Å². The first-order valence-electron chi connectivity index (χ1n) is 6.94. The highest BCUT2D eigenvalue weighted by atomic mass is 79.9. The minimum absolute atomic E-state index is 0.487. The fourth-order valence-corrected chi connectivity index (χ4v) is 3.15. The van der Waals surface area contributed by atoms with Crippen LogP contribution in [0.2, 0.25) is 6.32 Å². The molecule has 0 N–H and O–H groups in total. The second-order valence-electron chi connectivity index (χ2n) is 4.89. The molecule has 2 aromatic carbocycles. The third-order valence-corrected chi connectivity index (χ3v) is 4.42. The van der Waals surface area contributed by atoms with Crippen molar-refractivity contribution in [1.29, 1.82) is 0 Å². The van der Waals surface area contributed by atoms with Crippen LogP contribution >= 0.6 is 15.8 Å². The van der Waals surface area contributed by atoms with Crippen molar-refractivity contribution in [3.05, 3.63) is 42.5 Å². The molecule has 0 saturated carbocycles. The molecule has 0 nitrogen and oxygen atoms in total. The fourth-order valence-electron chi connectivity index (χ4n) is 2.43. The van der Waals surface area contributed by atoms with Gasteiger partial charge in [0.2, 0.25) is 0 Å². The van der Waals surface area contributed by atoms with E-state index in [0.717, 1.165) is 0 Å². The van der Waals surface area contributed by atoms with Crippen LogP contribution < -0.4 is 5.46 Å². The summed E-state index contributed by atoms with van der Waals surface area (Å²) in [4.78, 5) is 0. The number of benzene rings is 2. The Balaban J connectivity index is 2.10. The zero-order chi connectivity index (χ0) is 12.8. The largest absolute Gasteiger partial charge is 0.255 e. The van der Waals surface area contributed by atoms with E-state index < -0.39 is 0 Å². The first kappa shape index (κ1) is 13.7. The summed E-state index contributed by atoms with van der Waals surface area (Å²) in [6, 6.07) is 15.3. The van der Waals surface area contributed by atoms with Gasteiger partial charge in [0.15, 0.2) is 0 Å². The Morgan fingerprint density at radius 3 is 2.56 bits per heavy atom. The second kappa shape index (κ2) is 6.99. The maximum atomic E-state index is 3.86. The normalized spacial score (nSPS) is 10.8. The number of unbranched alkanes of at least 4 members (excludes halogenated alkanes) is 3. The molecule has 0 spiro atoms. The quantitative estimate of drug-likeness (QED) is 0.519. The van der Waals surface area contributed by atoms with E-state index in [0.29, 0.717) is 5.54 Å². The molecule has 0 radical (unpaired) electrons. The van der Waals surface area contributed by atoms with Crippen molar-refractivity contribution in [2.24, 2.45) is 0 Å². The predicted octanol–water partition coefficient (Wildman–Crippen LogP) is 5.01. The van der Waals surface area contributed by atoms with Crippen LogP contribution in [0, 0.1) is 0 Å². The first-order valence-corrected chi connectivity index (χ1v) is 7.86. The lowest BCUT2D eigenvalue weighted by Crippen LogP contribution is -2.24. The summed E-state index contributed by atoms with van der Waals surface area (Å²) >= 11 is 3.86. The first-order chi connectivity index (χ1) is 8.83. The topological polar surface area (TPSA) is 0 Å². The van der Waals surface area contributed by atoms with Gasteiger partial charge in [0.25, 0.3) is 5.54 Å². The maximum absolute atomic E-state index is 3.86. The molecule has 0 saturated heterocycles. The van der Waals surface area contributed by atoms with Crippen molar-refractivity contribution >= 4 is 37.5 Å². The van der Waals surface area contributed by atoms with Crippen LogP contribution in [0.5, 0.6) is 0 Å². The van der Waals surface area contributed by atoms with Gasteiger partial charge in [-0.1, -0.05) is 86.9 Å². The van der Waals surface area contributed by atoms with E-state index >= 15 is 0 Å². The van der Waals surface area contributed by atoms with Crippen LogP contribution in [0.25, 0.3) is 10.8 Å². The van der Waals surface area contributed by atoms with Crippen LogP contribution in [-0.4, -0.2) is 5.54 Å². The lowest BCUT2D eigenvalue weighted by atomic mass is 9.64. The monoisotopic (exact) mass is 302 g/mol. The molecule has 0 fully saturated rings. The highest BCUT2D eigenvalue weighted by Gasteiger charge is 2.14. The summed E-state index contributed by atoms with van der Waals surface area (Å²) in [5.74, 6) is 0. The predicted molar refractivity (Wildman–Crippen MR) is 87.2 cm³/mol. The van der Waals surface area contributed by atoms with E-state index in [-0.39, 0.29) is 0 Å². The summed E-state index contributed by atoms with van der Waals surface area (Å²) < 4.78 is 0. The van der Waals surface area contributed by atoms with Crippen molar-refractivity contribution in [2.75, 3.05) is 0 Å². The minimum atomic E-state index is 0.487. The Morgan fingerprint density at radius 1 is 0.944 bits per heavy atom. The SMILES string of the molecule is CCCCCCB(Br)c1cccc2ccccc12. The van der Waals surface area contributed by atoms with Gasteiger partial charge in [0.1, 0.15) is 0 Å². The number of halogens is 1. The molecule has 0 unspecified atom stereocenters. The van der Waals surface area contributed by atoms with Gasteiger partial charge in [-0.3, -0.25) is 0 Å². The summed E-state index contributed by atoms with van der Waals surface area (Å²) in [7, 11) is 0. The van der Waals surface area contributed by atoms with E-state index in [2.05, 4.69) is 65.1 Å². The molecule has 0 aliphatic carbocycles. The molecule has 0 aliphatic heterocycles. The molecule has 0 amide bonds. The van der Waals surface area contributed by atoms with Crippen molar-refractivity contribution in [3.63, 3.8) is 0 Å². The summed E-state index contributed by atoms with van der Waals surface area (Å²) in [5.41, 5.74) is 1.92. The molecular weight excluding hydrogens is 283 g/mol. The van der Waals surface area contributed by atoms with E-state index in [4.69, 9.17) is 0 Å². The molecule has 0 aliphatic rings. The van der Waals surface area contributed by atoms with Crippen molar-refractivity contribution < 1.29 is 0 Å². The molecule has 2 aromatic rings. The number of rotatable bonds is 6. The fraction of sp³-hybridized carbons (Fsp3) is 0.375. The smallest absolute Gasteiger partial charge is 0.150 e. The van der Waals surface area contributed by atoms with Gasteiger partial charge in [-0.2, -0.15) is 0 Å². The summed E-state index contributed by atoms with van der Waals surface area (Å²) in [5, 5.41) is 2.73. The lowest BCUT2D eigenvalue weighted by molar-refractivity contribution is 0.700. The average Bonchev–Trinajstić information content (AvgIpc) is 2.43. The van der Waals surface area contributed by atoms with Crippen molar-refractivity contribution in [2.45, 2.75) is 38.9 Å². The third kappa shape index (κ3) is 3.38. The van der Waals surface area contributed by atoms with E-state index in [9.17, 15) is 0 Å².